The van der Waals surface area contributed by atoms with Crippen molar-refractivity contribution in [3.8, 4) is 5.75 Å². The lowest BCUT2D eigenvalue weighted by molar-refractivity contribution is 0.471. The molecule has 0 unspecified atom stereocenters. The first-order chi connectivity index (χ1) is 6.63. The molecule has 0 aliphatic carbocycles. The summed E-state index contributed by atoms with van der Waals surface area (Å²) in [7, 11) is 1.62. The maximum Gasteiger partial charge on any atom is 0.188 e. The van der Waals surface area contributed by atoms with Crippen molar-refractivity contribution in [2.75, 3.05) is 7.05 Å². The van der Waals surface area contributed by atoms with E-state index in [0.29, 0.717) is 17.0 Å². The molecular formula is C9H13BrIN3O. The predicted octanol–water partition coefficient (Wildman–Crippen LogP) is 1.81. The molecule has 0 atom stereocenters. The molecule has 0 aliphatic heterocycles. The molecule has 84 valence electrons. The smallest absolute Gasteiger partial charge is 0.188 e. The molecule has 0 bridgehead atoms. The zero-order valence-electron chi connectivity index (χ0n) is 8.20. The Morgan fingerprint density at radius 1 is 1.60 bits per heavy atom. The van der Waals surface area contributed by atoms with E-state index >= 15 is 0 Å². The van der Waals surface area contributed by atoms with Crippen LogP contribution in [0.15, 0.2) is 27.7 Å². The number of phenolic OH excluding ortho intramolecular Hbond substituents is 1. The van der Waals surface area contributed by atoms with Crippen molar-refractivity contribution in [3.05, 3.63) is 28.2 Å². The third-order valence-electron chi connectivity index (χ3n) is 1.73. The minimum Gasteiger partial charge on any atom is -0.507 e. The number of benzene rings is 1. The van der Waals surface area contributed by atoms with Crippen molar-refractivity contribution in [2.24, 2.45) is 10.7 Å². The van der Waals surface area contributed by atoms with Gasteiger partial charge in [0.25, 0.3) is 0 Å². The van der Waals surface area contributed by atoms with E-state index < -0.39 is 0 Å². The predicted molar refractivity (Wildman–Crippen MR) is 75.6 cm³/mol. The van der Waals surface area contributed by atoms with Gasteiger partial charge in [-0.15, -0.1) is 24.0 Å². The van der Waals surface area contributed by atoms with Crippen LogP contribution in [-0.2, 0) is 6.54 Å². The number of hydrogen-bond donors (Lipinski definition) is 3. The minimum atomic E-state index is 0. The van der Waals surface area contributed by atoms with Crippen molar-refractivity contribution in [2.45, 2.75) is 6.54 Å². The van der Waals surface area contributed by atoms with Crippen molar-refractivity contribution in [1.82, 2.24) is 5.32 Å². The molecule has 1 aromatic carbocycles. The van der Waals surface area contributed by atoms with Crippen LogP contribution in [0.25, 0.3) is 0 Å². The maximum absolute atomic E-state index is 9.25. The Kier molecular flexibility index (Phi) is 6.66. The number of halogens is 2. The summed E-state index contributed by atoms with van der Waals surface area (Å²) in [5, 5.41) is 12.2. The highest BCUT2D eigenvalue weighted by atomic mass is 127. The van der Waals surface area contributed by atoms with E-state index in [1.165, 1.54) is 0 Å². The van der Waals surface area contributed by atoms with Crippen molar-refractivity contribution in [1.29, 1.82) is 0 Å². The van der Waals surface area contributed by atoms with Crippen molar-refractivity contribution < 1.29 is 5.11 Å². The van der Waals surface area contributed by atoms with E-state index in [1.807, 2.05) is 12.1 Å². The highest BCUT2D eigenvalue weighted by molar-refractivity contribution is 14.0. The van der Waals surface area contributed by atoms with Crippen LogP contribution in [0.4, 0.5) is 0 Å². The summed E-state index contributed by atoms with van der Waals surface area (Å²) in [6, 6.07) is 5.27. The monoisotopic (exact) mass is 385 g/mol. The van der Waals surface area contributed by atoms with Crippen LogP contribution in [0.2, 0.25) is 0 Å². The van der Waals surface area contributed by atoms with Gasteiger partial charge in [-0.05, 0) is 33.6 Å². The summed E-state index contributed by atoms with van der Waals surface area (Å²) in [5.74, 6) is 0.625. The van der Waals surface area contributed by atoms with E-state index in [2.05, 4.69) is 26.2 Å². The lowest BCUT2D eigenvalue weighted by Gasteiger charge is -2.05. The molecular weight excluding hydrogens is 373 g/mol. The first-order valence-electron chi connectivity index (χ1n) is 4.07. The number of nitrogens with one attached hydrogen (secondary N) is 1. The average Bonchev–Trinajstić information content (AvgIpc) is 2.19. The number of guanidine groups is 1. The Labute approximate surface area is 114 Å². The lowest BCUT2D eigenvalue weighted by atomic mass is 10.2. The van der Waals surface area contributed by atoms with Gasteiger partial charge in [-0.25, -0.2) is 0 Å². The van der Waals surface area contributed by atoms with Gasteiger partial charge < -0.3 is 16.2 Å². The second-order valence-corrected chi connectivity index (χ2v) is 3.60. The Hall–Kier alpha value is -0.500. The molecule has 0 spiro atoms. The van der Waals surface area contributed by atoms with Gasteiger partial charge in [0.1, 0.15) is 5.75 Å². The molecule has 0 aromatic heterocycles. The van der Waals surface area contributed by atoms with Crippen LogP contribution in [-0.4, -0.2) is 18.1 Å². The molecule has 4 nitrogen and oxygen atoms in total. The van der Waals surface area contributed by atoms with Crippen molar-refractivity contribution >= 4 is 45.9 Å². The average molecular weight is 386 g/mol. The summed E-state index contributed by atoms with van der Waals surface area (Å²) in [6.45, 7) is 0.585. The molecule has 0 radical (unpaired) electrons. The fourth-order valence-corrected chi connectivity index (χ4v) is 1.36. The first-order valence-corrected chi connectivity index (χ1v) is 4.86. The minimum absolute atomic E-state index is 0. The van der Waals surface area contributed by atoms with Gasteiger partial charge in [0, 0.05) is 13.6 Å². The number of hydrogen-bond acceptors (Lipinski definition) is 2. The molecule has 0 saturated carbocycles. The van der Waals surface area contributed by atoms with Crippen LogP contribution < -0.4 is 11.1 Å². The summed E-state index contributed by atoms with van der Waals surface area (Å²) in [5.41, 5.74) is 6.48. The zero-order valence-corrected chi connectivity index (χ0v) is 12.1. The summed E-state index contributed by atoms with van der Waals surface area (Å²) >= 11 is 3.23. The number of aliphatic imine (C=N–C) groups is 1. The van der Waals surface area contributed by atoms with Crippen LogP contribution in [0.1, 0.15) is 5.56 Å². The molecule has 0 fully saturated rings. The molecule has 0 saturated heterocycles. The summed E-state index contributed by atoms with van der Waals surface area (Å²) in [4.78, 5) is 3.77. The van der Waals surface area contributed by atoms with Crippen LogP contribution in [0.3, 0.4) is 0 Å². The van der Waals surface area contributed by atoms with E-state index in [4.69, 9.17) is 5.73 Å². The molecule has 15 heavy (non-hydrogen) atoms. The SMILES string of the molecule is CN=C(N)NCc1ccc(O)c(Br)c1.I. The molecule has 6 heteroatoms. The Morgan fingerprint density at radius 3 is 2.80 bits per heavy atom. The largest absolute Gasteiger partial charge is 0.507 e. The van der Waals surface area contributed by atoms with Gasteiger partial charge in [0.2, 0.25) is 0 Å². The van der Waals surface area contributed by atoms with Crippen LogP contribution in [0.5, 0.6) is 5.75 Å². The molecule has 4 N–H and O–H groups in total. The van der Waals surface area contributed by atoms with E-state index in [0.717, 1.165) is 5.56 Å². The quantitative estimate of drug-likeness (QED) is 0.413. The fraction of sp³-hybridized carbons (Fsp3) is 0.222. The second kappa shape index (κ2) is 6.89. The van der Waals surface area contributed by atoms with Crippen LogP contribution in [0, 0.1) is 0 Å². The molecule has 1 aromatic rings. The van der Waals surface area contributed by atoms with Crippen molar-refractivity contribution in [3.63, 3.8) is 0 Å². The summed E-state index contributed by atoms with van der Waals surface area (Å²) < 4.78 is 0.670. The Morgan fingerprint density at radius 2 is 2.27 bits per heavy atom. The fourth-order valence-electron chi connectivity index (χ4n) is 0.932. The molecule has 0 aliphatic rings. The summed E-state index contributed by atoms with van der Waals surface area (Å²) in [6.07, 6.45) is 0. The Balaban J connectivity index is 0.00000196. The van der Waals surface area contributed by atoms with E-state index in [9.17, 15) is 5.11 Å². The zero-order chi connectivity index (χ0) is 10.6. The number of aromatic hydroxyl groups is 1. The second-order valence-electron chi connectivity index (χ2n) is 2.75. The maximum atomic E-state index is 9.25. The van der Waals surface area contributed by atoms with E-state index in [-0.39, 0.29) is 29.7 Å². The number of rotatable bonds is 2. The highest BCUT2D eigenvalue weighted by Crippen LogP contribution is 2.23. The third kappa shape index (κ3) is 4.70. The number of phenols is 1. The standard InChI is InChI=1S/C9H12BrN3O.HI/c1-12-9(11)13-5-6-2-3-8(14)7(10)4-6;/h2-4,14H,5H2,1H3,(H3,11,12,13);1H. The first kappa shape index (κ1) is 14.5. The lowest BCUT2D eigenvalue weighted by Crippen LogP contribution is -2.30. The third-order valence-corrected chi connectivity index (χ3v) is 2.36. The normalized spacial score (nSPS) is 10.7. The van der Waals surface area contributed by atoms with Gasteiger partial charge in [-0.2, -0.15) is 0 Å². The topological polar surface area (TPSA) is 70.6 Å². The van der Waals surface area contributed by atoms with Gasteiger partial charge in [0.15, 0.2) is 5.96 Å². The van der Waals surface area contributed by atoms with Gasteiger partial charge >= 0.3 is 0 Å². The molecule has 0 heterocycles. The van der Waals surface area contributed by atoms with E-state index in [1.54, 1.807) is 13.1 Å². The van der Waals surface area contributed by atoms with Gasteiger partial charge in [-0.1, -0.05) is 6.07 Å². The molecule has 0 amide bonds. The van der Waals surface area contributed by atoms with Crippen LogP contribution >= 0.6 is 39.9 Å². The number of nitrogens with two attached hydrogens (primary N) is 1. The molecule has 1 rings (SSSR count). The highest BCUT2D eigenvalue weighted by Gasteiger charge is 1.99. The number of nitrogens with zero attached hydrogens (tertiary/aromatic N) is 1. The Bertz CT molecular complexity index is 357. The van der Waals surface area contributed by atoms with Gasteiger partial charge in [-0.3, -0.25) is 4.99 Å². The van der Waals surface area contributed by atoms with Gasteiger partial charge in [0.05, 0.1) is 4.47 Å².